The van der Waals surface area contributed by atoms with Crippen LogP contribution in [-0.4, -0.2) is 26.9 Å². The standard InChI is InChI=1S/C11H9N5O5/c1-12-10-9(16(19)20)11(14-6-13-10)21-8-4-2-3-7(5-8)15(17)18/h2-6H,1H3,(H,12,13,14). The second kappa shape index (κ2) is 5.77. The van der Waals surface area contributed by atoms with E-state index in [1.807, 2.05) is 0 Å². The molecule has 0 aliphatic rings. The monoisotopic (exact) mass is 291 g/mol. The third kappa shape index (κ3) is 3.00. The number of hydrogen-bond donors (Lipinski definition) is 1. The molecule has 0 unspecified atom stereocenters. The lowest BCUT2D eigenvalue weighted by Crippen LogP contribution is -2.03. The smallest absolute Gasteiger partial charge is 0.373 e. The fourth-order valence-electron chi connectivity index (χ4n) is 1.56. The summed E-state index contributed by atoms with van der Waals surface area (Å²) < 4.78 is 5.27. The minimum Gasteiger partial charge on any atom is -0.433 e. The van der Waals surface area contributed by atoms with Gasteiger partial charge in [0.1, 0.15) is 12.1 Å². The molecule has 0 saturated carbocycles. The molecule has 1 heterocycles. The van der Waals surface area contributed by atoms with Crippen LogP contribution in [0.1, 0.15) is 0 Å². The highest BCUT2D eigenvalue weighted by atomic mass is 16.6. The maximum absolute atomic E-state index is 11.1. The van der Waals surface area contributed by atoms with Crippen molar-refractivity contribution >= 4 is 17.2 Å². The molecule has 0 atom stereocenters. The van der Waals surface area contributed by atoms with Crippen molar-refractivity contribution in [2.24, 2.45) is 0 Å². The minimum atomic E-state index is -0.696. The Balaban J connectivity index is 2.42. The van der Waals surface area contributed by atoms with E-state index in [2.05, 4.69) is 15.3 Å². The Kier molecular flexibility index (Phi) is 3.88. The second-order valence-electron chi connectivity index (χ2n) is 3.74. The molecule has 1 aromatic carbocycles. The van der Waals surface area contributed by atoms with Gasteiger partial charge in [0, 0.05) is 13.1 Å². The van der Waals surface area contributed by atoms with Crippen molar-refractivity contribution in [1.82, 2.24) is 9.97 Å². The van der Waals surface area contributed by atoms with Crippen molar-refractivity contribution in [2.45, 2.75) is 0 Å². The van der Waals surface area contributed by atoms with Crippen LogP contribution in [0.25, 0.3) is 0 Å². The van der Waals surface area contributed by atoms with Crippen LogP contribution in [0.5, 0.6) is 11.6 Å². The zero-order valence-electron chi connectivity index (χ0n) is 10.7. The van der Waals surface area contributed by atoms with E-state index in [0.717, 1.165) is 12.4 Å². The predicted molar refractivity (Wildman–Crippen MR) is 71.4 cm³/mol. The first-order chi connectivity index (χ1) is 10.0. The molecule has 2 rings (SSSR count). The molecule has 108 valence electrons. The largest absolute Gasteiger partial charge is 0.433 e. The van der Waals surface area contributed by atoms with E-state index < -0.39 is 15.5 Å². The number of anilines is 1. The molecule has 21 heavy (non-hydrogen) atoms. The van der Waals surface area contributed by atoms with Crippen LogP contribution in [0.15, 0.2) is 30.6 Å². The van der Waals surface area contributed by atoms with E-state index in [0.29, 0.717) is 0 Å². The molecule has 0 aliphatic heterocycles. The van der Waals surface area contributed by atoms with Crippen molar-refractivity contribution in [3.8, 4) is 11.6 Å². The summed E-state index contributed by atoms with van der Waals surface area (Å²) in [7, 11) is 1.46. The van der Waals surface area contributed by atoms with E-state index in [1.165, 1.54) is 25.2 Å². The summed E-state index contributed by atoms with van der Waals surface area (Å²) in [5, 5.41) is 24.3. The Bertz CT molecular complexity index is 705. The van der Waals surface area contributed by atoms with Gasteiger partial charge in [-0.25, -0.2) is 4.98 Å². The molecule has 0 spiro atoms. The number of hydrogen-bond acceptors (Lipinski definition) is 8. The summed E-state index contributed by atoms with van der Waals surface area (Å²) in [4.78, 5) is 27.9. The maximum atomic E-state index is 11.1. The highest BCUT2D eigenvalue weighted by molar-refractivity contribution is 5.61. The number of rotatable bonds is 5. The summed E-state index contributed by atoms with van der Waals surface area (Å²) >= 11 is 0. The van der Waals surface area contributed by atoms with E-state index in [1.54, 1.807) is 0 Å². The molecule has 0 bridgehead atoms. The molecule has 0 fully saturated rings. The molecule has 10 heteroatoms. The number of aromatic nitrogens is 2. The first-order valence-corrected chi connectivity index (χ1v) is 5.62. The van der Waals surface area contributed by atoms with Crippen LogP contribution >= 0.6 is 0 Å². The SMILES string of the molecule is CNc1ncnc(Oc2cccc([N+](=O)[O-])c2)c1[N+](=O)[O-]. The molecule has 10 nitrogen and oxygen atoms in total. The first kappa shape index (κ1) is 14.1. The van der Waals surface area contributed by atoms with Crippen LogP contribution in [0.4, 0.5) is 17.2 Å². The van der Waals surface area contributed by atoms with Gasteiger partial charge in [0.25, 0.3) is 5.69 Å². The van der Waals surface area contributed by atoms with Crippen molar-refractivity contribution in [2.75, 3.05) is 12.4 Å². The first-order valence-electron chi connectivity index (χ1n) is 5.62. The van der Waals surface area contributed by atoms with E-state index in [9.17, 15) is 20.2 Å². The van der Waals surface area contributed by atoms with Crippen LogP contribution < -0.4 is 10.1 Å². The maximum Gasteiger partial charge on any atom is 0.373 e. The molecule has 0 amide bonds. The lowest BCUT2D eigenvalue weighted by atomic mass is 10.3. The minimum absolute atomic E-state index is 0.0181. The molecule has 1 N–H and O–H groups in total. The molecular formula is C11H9N5O5. The van der Waals surface area contributed by atoms with Gasteiger partial charge in [0.15, 0.2) is 0 Å². The third-order valence-corrected chi connectivity index (χ3v) is 2.45. The lowest BCUT2D eigenvalue weighted by Gasteiger charge is -2.07. The number of nitro groups is 2. The third-order valence-electron chi connectivity index (χ3n) is 2.45. The number of ether oxygens (including phenoxy) is 1. The molecule has 0 saturated heterocycles. The quantitative estimate of drug-likeness (QED) is 0.654. The Morgan fingerprint density at radius 1 is 1.19 bits per heavy atom. The summed E-state index contributed by atoms with van der Waals surface area (Å²) in [6, 6.07) is 5.25. The van der Waals surface area contributed by atoms with Gasteiger partial charge in [-0.15, -0.1) is 0 Å². The van der Waals surface area contributed by atoms with Gasteiger partial charge >= 0.3 is 11.6 Å². The van der Waals surface area contributed by atoms with Crippen molar-refractivity contribution < 1.29 is 14.6 Å². The van der Waals surface area contributed by atoms with Crippen molar-refractivity contribution in [3.63, 3.8) is 0 Å². The van der Waals surface area contributed by atoms with Gasteiger partial charge in [-0.2, -0.15) is 4.98 Å². The Hall–Kier alpha value is -3.30. The normalized spacial score (nSPS) is 9.95. The molecule has 0 aliphatic carbocycles. The average Bonchev–Trinajstić information content (AvgIpc) is 2.46. The second-order valence-corrected chi connectivity index (χ2v) is 3.74. The van der Waals surface area contributed by atoms with Gasteiger partial charge in [0.2, 0.25) is 5.82 Å². The fraction of sp³-hybridized carbons (Fsp3) is 0.0909. The van der Waals surface area contributed by atoms with Crippen molar-refractivity contribution in [1.29, 1.82) is 0 Å². The molecule has 2 aromatic rings. The number of nitrogens with zero attached hydrogens (tertiary/aromatic N) is 4. The number of non-ortho nitro benzene ring substituents is 1. The lowest BCUT2D eigenvalue weighted by molar-refractivity contribution is -0.385. The van der Waals surface area contributed by atoms with E-state index >= 15 is 0 Å². The molecule has 0 radical (unpaired) electrons. The van der Waals surface area contributed by atoms with Gasteiger partial charge in [0.05, 0.1) is 15.9 Å². The van der Waals surface area contributed by atoms with Crippen LogP contribution in [0.3, 0.4) is 0 Å². The Labute approximate surface area is 117 Å². The summed E-state index contributed by atoms with van der Waals surface area (Å²) in [5.74, 6) is -0.261. The van der Waals surface area contributed by atoms with Gasteiger partial charge in [-0.3, -0.25) is 20.2 Å². The average molecular weight is 291 g/mol. The highest BCUT2D eigenvalue weighted by Crippen LogP contribution is 2.34. The van der Waals surface area contributed by atoms with Gasteiger partial charge in [-0.05, 0) is 6.07 Å². The number of nitrogens with one attached hydrogen (secondary N) is 1. The molecular weight excluding hydrogens is 282 g/mol. The summed E-state index contributed by atoms with van der Waals surface area (Å²) in [5.41, 5.74) is -0.649. The van der Waals surface area contributed by atoms with Crippen LogP contribution in [-0.2, 0) is 0 Å². The van der Waals surface area contributed by atoms with Crippen LogP contribution in [0.2, 0.25) is 0 Å². The molecule has 1 aromatic heterocycles. The predicted octanol–water partition coefficient (Wildman–Crippen LogP) is 2.13. The fourth-order valence-corrected chi connectivity index (χ4v) is 1.56. The van der Waals surface area contributed by atoms with Gasteiger partial charge in [-0.1, -0.05) is 6.07 Å². The zero-order valence-corrected chi connectivity index (χ0v) is 10.7. The van der Waals surface area contributed by atoms with E-state index in [-0.39, 0.29) is 23.1 Å². The zero-order chi connectivity index (χ0) is 15.4. The van der Waals surface area contributed by atoms with E-state index in [4.69, 9.17) is 4.74 Å². The van der Waals surface area contributed by atoms with Crippen LogP contribution in [0, 0.1) is 20.2 Å². The highest BCUT2D eigenvalue weighted by Gasteiger charge is 2.24. The van der Waals surface area contributed by atoms with Crippen molar-refractivity contribution in [3.05, 3.63) is 50.8 Å². The Morgan fingerprint density at radius 3 is 2.57 bits per heavy atom. The Morgan fingerprint density at radius 2 is 1.95 bits per heavy atom. The summed E-state index contributed by atoms with van der Waals surface area (Å²) in [6.07, 6.45) is 1.09. The topological polar surface area (TPSA) is 133 Å². The summed E-state index contributed by atoms with van der Waals surface area (Å²) in [6.45, 7) is 0. The number of nitro benzene ring substituents is 1. The van der Waals surface area contributed by atoms with Gasteiger partial charge < -0.3 is 10.1 Å². The number of benzene rings is 1.